The van der Waals surface area contributed by atoms with Crippen LogP contribution in [0.15, 0.2) is 42.9 Å². The fraction of sp³-hybridized carbons (Fsp3) is 0.227. The van der Waals surface area contributed by atoms with Crippen molar-refractivity contribution in [2.45, 2.75) is 19.6 Å². The summed E-state index contributed by atoms with van der Waals surface area (Å²) in [6.07, 6.45) is -1.43. The van der Waals surface area contributed by atoms with Crippen LogP contribution in [0.3, 0.4) is 0 Å². The van der Waals surface area contributed by atoms with Gasteiger partial charge in [0.1, 0.15) is 11.6 Å². The Bertz CT molecular complexity index is 1320. The number of urea groups is 2. The Labute approximate surface area is 202 Å². The van der Waals surface area contributed by atoms with E-state index in [1.54, 1.807) is 20.2 Å². The SMILES string of the molecule is CCN1C(=O)N(c2ccc(F)c(NC(=O)Nc3cncc(C(F)(F)F)c3)c2)Cc2cnc(NC)nc21. The molecule has 0 saturated heterocycles. The van der Waals surface area contributed by atoms with E-state index in [1.165, 1.54) is 21.9 Å². The number of carbonyl (C=O) groups excluding carboxylic acids is 2. The van der Waals surface area contributed by atoms with E-state index in [-0.39, 0.29) is 23.6 Å². The molecule has 1 aromatic carbocycles. The van der Waals surface area contributed by atoms with E-state index in [2.05, 4.69) is 30.9 Å². The van der Waals surface area contributed by atoms with Gasteiger partial charge >= 0.3 is 18.2 Å². The van der Waals surface area contributed by atoms with E-state index in [1.807, 2.05) is 0 Å². The lowest BCUT2D eigenvalue weighted by Gasteiger charge is -2.35. The zero-order valence-corrected chi connectivity index (χ0v) is 19.0. The Morgan fingerprint density at radius 1 is 1.14 bits per heavy atom. The molecule has 188 valence electrons. The van der Waals surface area contributed by atoms with E-state index in [9.17, 15) is 27.2 Å². The normalized spacial score (nSPS) is 13.3. The summed E-state index contributed by atoms with van der Waals surface area (Å²) in [5.41, 5.74) is -0.637. The summed E-state index contributed by atoms with van der Waals surface area (Å²) in [6, 6.07) is 2.97. The van der Waals surface area contributed by atoms with Gasteiger partial charge in [0, 0.05) is 37.2 Å². The van der Waals surface area contributed by atoms with Crippen LogP contribution in [0.5, 0.6) is 0 Å². The van der Waals surface area contributed by atoms with Crippen LogP contribution in [-0.4, -0.2) is 40.6 Å². The molecular weight excluding hydrogens is 484 g/mol. The van der Waals surface area contributed by atoms with Gasteiger partial charge in [-0.25, -0.2) is 19.0 Å². The second-order valence-electron chi connectivity index (χ2n) is 7.61. The molecule has 3 heterocycles. The summed E-state index contributed by atoms with van der Waals surface area (Å²) in [7, 11) is 1.65. The van der Waals surface area contributed by atoms with Crippen LogP contribution in [0.4, 0.5) is 56.0 Å². The van der Waals surface area contributed by atoms with Crippen molar-refractivity contribution in [2.24, 2.45) is 0 Å². The smallest absolute Gasteiger partial charge is 0.357 e. The van der Waals surface area contributed by atoms with Gasteiger partial charge < -0.3 is 16.0 Å². The molecule has 0 saturated carbocycles. The maximum Gasteiger partial charge on any atom is 0.417 e. The predicted octanol–water partition coefficient (Wildman–Crippen LogP) is 4.68. The number of hydrogen-bond acceptors (Lipinski definition) is 6. The van der Waals surface area contributed by atoms with E-state index >= 15 is 0 Å². The first-order valence-corrected chi connectivity index (χ1v) is 10.6. The number of nitrogens with one attached hydrogen (secondary N) is 3. The largest absolute Gasteiger partial charge is 0.417 e. The van der Waals surface area contributed by atoms with Crippen LogP contribution in [0, 0.1) is 5.82 Å². The second kappa shape index (κ2) is 9.64. The van der Waals surface area contributed by atoms with Gasteiger partial charge in [-0.05, 0) is 31.2 Å². The van der Waals surface area contributed by atoms with Crippen molar-refractivity contribution in [3.63, 3.8) is 0 Å². The average molecular weight is 504 g/mol. The number of amides is 4. The first-order valence-electron chi connectivity index (χ1n) is 10.6. The predicted molar refractivity (Wildman–Crippen MR) is 124 cm³/mol. The summed E-state index contributed by atoms with van der Waals surface area (Å²) in [6.45, 7) is 2.18. The lowest BCUT2D eigenvalue weighted by atomic mass is 10.1. The molecule has 4 amide bonds. The van der Waals surface area contributed by atoms with Gasteiger partial charge in [-0.15, -0.1) is 0 Å². The van der Waals surface area contributed by atoms with Gasteiger partial charge in [0.05, 0.1) is 29.7 Å². The van der Waals surface area contributed by atoms with Crippen molar-refractivity contribution in [1.82, 2.24) is 15.0 Å². The molecule has 1 aliphatic heterocycles. The maximum absolute atomic E-state index is 14.5. The van der Waals surface area contributed by atoms with Gasteiger partial charge in [0.15, 0.2) is 0 Å². The lowest BCUT2D eigenvalue weighted by Crippen LogP contribution is -2.48. The van der Waals surface area contributed by atoms with Crippen molar-refractivity contribution in [3.05, 3.63) is 59.8 Å². The van der Waals surface area contributed by atoms with Gasteiger partial charge in [0.2, 0.25) is 5.95 Å². The van der Waals surface area contributed by atoms with Crippen LogP contribution in [-0.2, 0) is 12.7 Å². The highest BCUT2D eigenvalue weighted by Gasteiger charge is 2.33. The highest BCUT2D eigenvalue weighted by atomic mass is 19.4. The van der Waals surface area contributed by atoms with Crippen LogP contribution in [0.2, 0.25) is 0 Å². The minimum absolute atomic E-state index is 0.0990. The zero-order chi connectivity index (χ0) is 26.0. The van der Waals surface area contributed by atoms with E-state index in [0.29, 0.717) is 36.1 Å². The van der Waals surface area contributed by atoms with Gasteiger partial charge in [-0.2, -0.15) is 18.2 Å². The van der Waals surface area contributed by atoms with Crippen LogP contribution in [0.25, 0.3) is 0 Å². The molecule has 0 aliphatic carbocycles. The monoisotopic (exact) mass is 504 g/mol. The number of carbonyl (C=O) groups is 2. The van der Waals surface area contributed by atoms with Gasteiger partial charge in [0.25, 0.3) is 0 Å². The van der Waals surface area contributed by atoms with Crippen LogP contribution in [0.1, 0.15) is 18.1 Å². The molecule has 0 atom stereocenters. The summed E-state index contributed by atoms with van der Waals surface area (Å²) in [5.74, 6) is -0.00777. The third-order valence-electron chi connectivity index (χ3n) is 5.26. The first kappa shape index (κ1) is 24.6. The molecule has 1 aliphatic rings. The van der Waals surface area contributed by atoms with Crippen molar-refractivity contribution in [2.75, 3.05) is 39.3 Å². The van der Waals surface area contributed by atoms with Crippen molar-refractivity contribution >= 4 is 40.9 Å². The van der Waals surface area contributed by atoms with E-state index in [4.69, 9.17) is 0 Å². The topological polar surface area (TPSA) is 115 Å². The van der Waals surface area contributed by atoms with Crippen LogP contribution >= 0.6 is 0 Å². The first-order chi connectivity index (χ1) is 17.1. The minimum atomic E-state index is -4.65. The molecule has 4 rings (SSSR count). The third-order valence-corrected chi connectivity index (χ3v) is 5.26. The molecule has 10 nitrogen and oxygen atoms in total. The number of aromatic nitrogens is 3. The number of alkyl halides is 3. The molecular formula is C22H20F4N8O2. The molecule has 0 unspecified atom stereocenters. The Morgan fingerprint density at radius 2 is 1.92 bits per heavy atom. The Hall–Kier alpha value is -4.49. The number of hydrogen-bond donors (Lipinski definition) is 3. The quantitative estimate of drug-likeness (QED) is 0.435. The van der Waals surface area contributed by atoms with Crippen molar-refractivity contribution in [1.29, 1.82) is 0 Å². The molecule has 3 N–H and O–H groups in total. The van der Waals surface area contributed by atoms with E-state index < -0.39 is 29.6 Å². The average Bonchev–Trinajstić information content (AvgIpc) is 2.84. The highest BCUT2D eigenvalue weighted by molar-refractivity contribution is 6.06. The number of benzene rings is 1. The number of anilines is 5. The summed E-state index contributed by atoms with van der Waals surface area (Å²) < 4.78 is 53.1. The Morgan fingerprint density at radius 3 is 2.61 bits per heavy atom. The molecule has 0 radical (unpaired) electrons. The fourth-order valence-electron chi connectivity index (χ4n) is 3.55. The number of halogens is 4. The number of pyridine rings is 1. The number of nitrogens with zero attached hydrogens (tertiary/aromatic N) is 5. The molecule has 0 fully saturated rings. The highest BCUT2D eigenvalue weighted by Crippen LogP contribution is 2.33. The standard InChI is InChI=1S/C22H20F4N8O2/c1-3-33-18-12(8-29-19(27-2)32-18)11-34(21(33)36)15-4-5-16(23)17(7-15)31-20(35)30-14-6-13(9-28-10-14)22(24,25)26/h4-10H,3,11H2,1-2H3,(H,27,29,32)(H2,30,31,35). The molecule has 36 heavy (non-hydrogen) atoms. The zero-order valence-electron chi connectivity index (χ0n) is 19.0. The molecule has 3 aromatic rings. The molecule has 0 spiro atoms. The van der Waals surface area contributed by atoms with Crippen LogP contribution < -0.4 is 25.8 Å². The number of fused-ring (bicyclic) bond motifs is 1. The summed E-state index contributed by atoms with van der Waals surface area (Å²) in [4.78, 5) is 40.3. The van der Waals surface area contributed by atoms with E-state index in [0.717, 1.165) is 12.3 Å². The van der Waals surface area contributed by atoms with Crippen molar-refractivity contribution in [3.8, 4) is 0 Å². The Balaban J connectivity index is 1.56. The maximum atomic E-state index is 14.5. The number of rotatable bonds is 5. The molecule has 14 heteroatoms. The third kappa shape index (κ3) is 4.96. The van der Waals surface area contributed by atoms with Gasteiger partial charge in [-0.3, -0.25) is 14.8 Å². The summed E-state index contributed by atoms with van der Waals surface area (Å²) >= 11 is 0. The summed E-state index contributed by atoms with van der Waals surface area (Å²) in [5, 5.41) is 7.26. The molecule has 2 aromatic heterocycles. The van der Waals surface area contributed by atoms with Crippen molar-refractivity contribution < 1.29 is 27.2 Å². The second-order valence-corrected chi connectivity index (χ2v) is 7.61. The fourth-order valence-corrected chi connectivity index (χ4v) is 3.55. The lowest BCUT2D eigenvalue weighted by molar-refractivity contribution is -0.137. The van der Waals surface area contributed by atoms with Gasteiger partial charge in [-0.1, -0.05) is 0 Å². The minimum Gasteiger partial charge on any atom is -0.357 e. The Kier molecular flexibility index (Phi) is 6.59. The molecule has 0 bridgehead atoms.